The molecule has 104 valence electrons. The second kappa shape index (κ2) is 6.08. The number of oxime groups is 1. The van der Waals surface area contributed by atoms with E-state index in [1.165, 1.54) is 0 Å². The molecule has 1 heterocycles. The van der Waals surface area contributed by atoms with Crippen molar-refractivity contribution in [3.05, 3.63) is 22.8 Å². The van der Waals surface area contributed by atoms with Crippen molar-refractivity contribution in [2.45, 2.75) is 18.9 Å². The molecule has 0 atom stereocenters. The minimum atomic E-state index is -0.0175. The summed E-state index contributed by atoms with van der Waals surface area (Å²) in [5.74, 6) is 0.640. The van der Waals surface area contributed by atoms with Gasteiger partial charge in [-0.1, -0.05) is 16.8 Å². The maximum absolute atomic E-state index is 8.76. The van der Waals surface area contributed by atoms with Crippen molar-refractivity contribution in [3.8, 4) is 0 Å². The van der Waals surface area contributed by atoms with E-state index in [2.05, 4.69) is 15.0 Å². The van der Waals surface area contributed by atoms with Crippen LogP contribution in [-0.2, 0) is 4.74 Å². The molecule has 1 aromatic rings. The van der Waals surface area contributed by atoms with E-state index in [-0.39, 0.29) is 5.84 Å². The first kappa shape index (κ1) is 13.9. The lowest BCUT2D eigenvalue weighted by Crippen LogP contribution is -2.31. The SMILES string of the molecule is COCCN(c1nccc(/C(N)=N/O)c1Cl)C1CC1. The number of hydrogen-bond donors (Lipinski definition) is 2. The molecule has 0 radical (unpaired) electrons. The summed E-state index contributed by atoms with van der Waals surface area (Å²) >= 11 is 6.31. The van der Waals surface area contributed by atoms with Crippen molar-refractivity contribution < 1.29 is 9.94 Å². The number of amidine groups is 1. The van der Waals surface area contributed by atoms with Gasteiger partial charge in [0.25, 0.3) is 0 Å². The number of anilines is 1. The molecule has 2 rings (SSSR count). The number of ether oxygens (including phenoxy) is 1. The molecule has 0 amide bonds. The summed E-state index contributed by atoms with van der Waals surface area (Å²) in [4.78, 5) is 6.43. The third-order valence-corrected chi connectivity index (χ3v) is 3.42. The van der Waals surface area contributed by atoms with Crippen molar-refractivity contribution in [1.82, 2.24) is 4.98 Å². The Bertz CT molecular complexity index is 477. The van der Waals surface area contributed by atoms with E-state index in [1.54, 1.807) is 19.4 Å². The first-order chi connectivity index (χ1) is 9.19. The van der Waals surface area contributed by atoms with Crippen LogP contribution >= 0.6 is 11.6 Å². The number of methoxy groups -OCH3 is 1. The highest BCUT2D eigenvalue weighted by Crippen LogP contribution is 2.35. The topological polar surface area (TPSA) is 84.0 Å². The molecule has 0 unspecified atom stereocenters. The Labute approximate surface area is 116 Å². The van der Waals surface area contributed by atoms with E-state index >= 15 is 0 Å². The Hall–Kier alpha value is -1.53. The average Bonchev–Trinajstić information content (AvgIpc) is 3.24. The minimum Gasteiger partial charge on any atom is -0.409 e. The van der Waals surface area contributed by atoms with Crippen LogP contribution in [0.3, 0.4) is 0 Å². The van der Waals surface area contributed by atoms with Crippen LogP contribution in [0.25, 0.3) is 0 Å². The molecule has 1 saturated carbocycles. The maximum atomic E-state index is 8.76. The zero-order valence-electron chi connectivity index (χ0n) is 10.7. The standard InChI is InChI=1S/C12H17ClN4O2/c1-19-7-6-17(8-2-3-8)12-10(13)9(4-5-15-12)11(14)16-18/h4-5,8,18H,2-3,6-7H2,1H3,(H2,14,16). The number of rotatable bonds is 6. The summed E-state index contributed by atoms with van der Waals surface area (Å²) in [6.45, 7) is 1.32. The zero-order valence-corrected chi connectivity index (χ0v) is 11.5. The largest absolute Gasteiger partial charge is 0.409 e. The van der Waals surface area contributed by atoms with Gasteiger partial charge in [0.1, 0.15) is 5.82 Å². The molecule has 19 heavy (non-hydrogen) atoms. The van der Waals surface area contributed by atoms with Crippen LogP contribution in [0.2, 0.25) is 5.02 Å². The van der Waals surface area contributed by atoms with E-state index in [0.717, 1.165) is 12.8 Å². The molecular formula is C12H17ClN4O2. The van der Waals surface area contributed by atoms with Gasteiger partial charge in [-0.25, -0.2) is 4.98 Å². The Morgan fingerprint density at radius 3 is 3.00 bits per heavy atom. The number of nitrogens with two attached hydrogens (primary N) is 1. The van der Waals surface area contributed by atoms with Crippen LogP contribution in [-0.4, -0.2) is 42.3 Å². The highest BCUT2D eigenvalue weighted by atomic mass is 35.5. The van der Waals surface area contributed by atoms with E-state index in [0.29, 0.717) is 35.6 Å². The molecule has 3 N–H and O–H groups in total. The van der Waals surface area contributed by atoms with E-state index in [1.807, 2.05) is 0 Å². The highest BCUT2D eigenvalue weighted by molar-refractivity contribution is 6.36. The highest BCUT2D eigenvalue weighted by Gasteiger charge is 2.31. The molecule has 0 aromatic carbocycles. The van der Waals surface area contributed by atoms with Crippen molar-refractivity contribution in [3.63, 3.8) is 0 Å². The van der Waals surface area contributed by atoms with Gasteiger partial charge in [-0.05, 0) is 18.9 Å². The first-order valence-electron chi connectivity index (χ1n) is 6.07. The molecule has 6 nitrogen and oxygen atoms in total. The quantitative estimate of drug-likeness (QED) is 0.357. The molecule has 1 aliphatic rings. The smallest absolute Gasteiger partial charge is 0.171 e. The van der Waals surface area contributed by atoms with Gasteiger partial charge in [0.15, 0.2) is 5.84 Å². The lowest BCUT2D eigenvalue weighted by Gasteiger charge is -2.24. The predicted octanol–water partition coefficient (Wildman–Crippen LogP) is 1.44. The second-order valence-electron chi connectivity index (χ2n) is 4.40. The Balaban J connectivity index is 2.31. The lowest BCUT2D eigenvalue weighted by atomic mass is 10.2. The van der Waals surface area contributed by atoms with Crippen LogP contribution < -0.4 is 10.6 Å². The third kappa shape index (κ3) is 3.08. The second-order valence-corrected chi connectivity index (χ2v) is 4.78. The number of halogens is 1. The summed E-state index contributed by atoms with van der Waals surface area (Å²) < 4.78 is 5.11. The van der Waals surface area contributed by atoms with Crippen molar-refractivity contribution in [1.29, 1.82) is 0 Å². The summed E-state index contributed by atoms with van der Waals surface area (Å²) in [6, 6.07) is 2.07. The molecular weight excluding hydrogens is 268 g/mol. The number of aromatic nitrogens is 1. The zero-order chi connectivity index (χ0) is 13.8. The molecule has 1 aliphatic carbocycles. The fourth-order valence-corrected chi connectivity index (χ4v) is 2.24. The molecule has 0 aliphatic heterocycles. The van der Waals surface area contributed by atoms with Crippen molar-refractivity contribution in [2.24, 2.45) is 10.9 Å². The maximum Gasteiger partial charge on any atom is 0.171 e. The van der Waals surface area contributed by atoms with Gasteiger partial charge < -0.3 is 20.6 Å². The summed E-state index contributed by atoms with van der Waals surface area (Å²) in [6.07, 6.45) is 3.85. The van der Waals surface area contributed by atoms with Gasteiger partial charge in [0.2, 0.25) is 0 Å². The van der Waals surface area contributed by atoms with Crippen LogP contribution in [0.1, 0.15) is 18.4 Å². The average molecular weight is 285 g/mol. The molecule has 0 saturated heterocycles. The normalized spacial score (nSPS) is 15.6. The van der Waals surface area contributed by atoms with Crippen LogP contribution in [0, 0.1) is 0 Å². The molecule has 7 heteroatoms. The van der Waals surface area contributed by atoms with Crippen LogP contribution in [0.15, 0.2) is 17.4 Å². The van der Waals surface area contributed by atoms with Gasteiger partial charge in [-0.3, -0.25) is 0 Å². The molecule has 0 bridgehead atoms. The van der Waals surface area contributed by atoms with Crippen LogP contribution in [0.5, 0.6) is 0 Å². The van der Waals surface area contributed by atoms with Gasteiger partial charge in [0.05, 0.1) is 11.6 Å². The lowest BCUT2D eigenvalue weighted by molar-refractivity contribution is 0.204. The van der Waals surface area contributed by atoms with Crippen molar-refractivity contribution in [2.75, 3.05) is 25.2 Å². The molecule has 0 spiro atoms. The van der Waals surface area contributed by atoms with E-state index < -0.39 is 0 Å². The fraction of sp³-hybridized carbons (Fsp3) is 0.500. The Kier molecular flexibility index (Phi) is 4.44. The Morgan fingerprint density at radius 1 is 1.68 bits per heavy atom. The summed E-state index contributed by atoms with van der Waals surface area (Å²) in [5.41, 5.74) is 6.08. The number of pyridine rings is 1. The third-order valence-electron chi connectivity index (χ3n) is 3.05. The Morgan fingerprint density at radius 2 is 2.42 bits per heavy atom. The molecule has 1 aromatic heterocycles. The fourth-order valence-electron chi connectivity index (χ4n) is 1.92. The van der Waals surface area contributed by atoms with Crippen molar-refractivity contribution >= 4 is 23.3 Å². The molecule has 1 fully saturated rings. The van der Waals surface area contributed by atoms with Gasteiger partial charge in [0, 0.05) is 31.5 Å². The number of hydrogen-bond acceptors (Lipinski definition) is 5. The minimum absolute atomic E-state index is 0.0175. The van der Waals surface area contributed by atoms with E-state index in [9.17, 15) is 0 Å². The first-order valence-corrected chi connectivity index (χ1v) is 6.44. The van der Waals surface area contributed by atoms with E-state index in [4.69, 9.17) is 27.3 Å². The summed E-state index contributed by atoms with van der Waals surface area (Å²) in [5, 5.41) is 12.1. The van der Waals surface area contributed by atoms with Gasteiger partial charge >= 0.3 is 0 Å². The predicted molar refractivity (Wildman–Crippen MR) is 74.0 cm³/mol. The summed E-state index contributed by atoms with van der Waals surface area (Å²) in [7, 11) is 1.66. The van der Waals surface area contributed by atoms with Gasteiger partial charge in [-0.15, -0.1) is 0 Å². The van der Waals surface area contributed by atoms with Crippen LogP contribution in [0.4, 0.5) is 5.82 Å². The van der Waals surface area contributed by atoms with Gasteiger partial charge in [-0.2, -0.15) is 0 Å². The monoisotopic (exact) mass is 284 g/mol. The number of nitrogens with zero attached hydrogens (tertiary/aromatic N) is 3.